The highest BCUT2D eigenvalue weighted by Crippen LogP contribution is 2.15. The second-order valence-corrected chi connectivity index (χ2v) is 7.98. The molecule has 1 saturated heterocycles. The van der Waals surface area contributed by atoms with Crippen molar-refractivity contribution in [3.63, 3.8) is 0 Å². The number of hydrogen-bond acceptors (Lipinski definition) is 4. The fourth-order valence-corrected chi connectivity index (χ4v) is 3.40. The number of aliphatic carboxylic acids is 1. The van der Waals surface area contributed by atoms with Crippen molar-refractivity contribution < 1.29 is 19.4 Å². The van der Waals surface area contributed by atoms with Gasteiger partial charge in [0.05, 0.1) is 19.3 Å². The molecule has 28 heavy (non-hydrogen) atoms. The Bertz CT molecular complexity index is 648. The number of carbonyl (C=O) groups excluding carboxylic acids is 1. The standard InChI is InChI=1S/C21H33N3O4/c1-15(2)18-7-5-17(6-8-18)11-16(3)22-21(27)24-9-10-28-19(13-24)12-23(4)14-20(25)26/h5-8,15-16,19H,9-14H2,1-4H3,(H,22,27)(H,25,26). The molecule has 7 nitrogen and oxygen atoms in total. The highest BCUT2D eigenvalue weighted by Gasteiger charge is 2.26. The van der Waals surface area contributed by atoms with Crippen molar-refractivity contribution >= 4 is 12.0 Å². The molecule has 2 N–H and O–H groups in total. The summed E-state index contributed by atoms with van der Waals surface area (Å²) in [6.45, 7) is 8.26. The number of morpholine rings is 1. The molecule has 0 aromatic heterocycles. The number of benzene rings is 1. The number of likely N-dealkylation sites (N-methyl/N-ethyl adjacent to an activating group) is 1. The van der Waals surface area contributed by atoms with Gasteiger partial charge in [-0.05, 0) is 37.4 Å². The summed E-state index contributed by atoms with van der Waals surface area (Å²) in [6, 6.07) is 8.47. The lowest BCUT2D eigenvalue weighted by molar-refractivity contribution is -0.138. The van der Waals surface area contributed by atoms with Crippen molar-refractivity contribution in [1.82, 2.24) is 15.1 Å². The number of carboxylic acids is 1. The SMILES string of the molecule is CC(Cc1ccc(C(C)C)cc1)NC(=O)N1CCOC(CN(C)CC(=O)O)C1. The number of urea groups is 1. The second-order valence-electron chi connectivity index (χ2n) is 7.98. The van der Waals surface area contributed by atoms with Crippen LogP contribution in [-0.2, 0) is 16.0 Å². The molecule has 0 aliphatic carbocycles. The molecule has 0 saturated carbocycles. The molecular formula is C21H33N3O4. The lowest BCUT2D eigenvalue weighted by atomic mass is 9.99. The van der Waals surface area contributed by atoms with Gasteiger partial charge in [-0.25, -0.2) is 4.79 Å². The van der Waals surface area contributed by atoms with Crippen molar-refractivity contribution in [2.24, 2.45) is 0 Å². The van der Waals surface area contributed by atoms with E-state index in [0.717, 1.165) is 6.42 Å². The zero-order valence-corrected chi connectivity index (χ0v) is 17.4. The fraction of sp³-hybridized carbons (Fsp3) is 0.619. The maximum Gasteiger partial charge on any atom is 0.317 e. The summed E-state index contributed by atoms with van der Waals surface area (Å²) in [4.78, 5) is 26.8. The van der Waals surface area contributed by atoms with Gasteiger partial charge in [0.25, 0.3) is 0 Å². The van der Waals surface area contributed by atoms with Gasteiger partial charge in [0.1, 0.15) is 0 Å². The Hall–Kier alpha value is -2.12. The Balaban J connectivity index is 1.81. The highest BCUT2D eigenvalue weighted by atomic mass is 16.5. The number of nitrogens with zero attached hydrogens (tertiary/aromatic N) is 2. The lowest BCUT2D eigenvalue weighted by Crippen LogP contribution is -2.53. The minimum absolute atomic E-state index is 0.0216. The smallest absolute Gasteiger partial charge is 0.317 e. The molecule has 7 heteroatoms. The van der Waals surface area contributed by atoms with Crippen LogP contribution in [0.2, 0.25) is 0 Å². The van der Waals surface area contributed by atoms with Crippen molar-refractivity contribution in [1.29, 1.82) is 0 Å². The topological polar surface area (TPSA) is 82.1 Å². The van der Waals surface area contributed by atoms with Crippen LogP contribution in [0.1, 0.15) is 37.8 Å². The van der Waals surface area contributed by atoms with Gasteiger partial charge in [-0.3, -0.25) is 9.69 Å². The normalized spacial score (nSPS) is 18.4. The number of rotatable bonds is 8. The molecule has 1 aliphatic rings. The van der Waals surface area contributed by atoms with Crippen LogP contribution in [-0.4, -0.2) is 78.9 Å². The largest absolute Gasteiger partial charge is 0.480 e. The Morgan fingerprint density at radius 3 is 2.57 bits per heavy atom. The van der Waals surface area contributed by atoms with Crippen molar-refractivity contribution in [3.8, 4) is 0 Å². The van der Waals surface area contributed by atoms with Crippen molar-refractivity contribution in [3.05, 3.63) is 35.4 Å². The molecule has 1 aliphatic heterocycles. The quantitative estimate of drug-likeness (QED) is 0.710. The van der Waals surface area contributed by atoms with Crippen LogP contribution in [0.4, 0.5) is 4.79 Å². The average Bonchev–Trinajstić information content (AvgIpc) is 2.61. The number of amides is 2. The summed E-state index contributed by atoms with van der Waals surface area (Å²) in [5.74, 6) is -0.363. The zero-order chi connectivity index (χ0) is 20.7. The Labute approximate surface area is 167 Å². The highest BCUT2D eigenvalue weighted by molar-refractivity contribution is 5.74. The Morgan fingerprint density at radius 2 is 1.96 bits per heavy atom. The molecular weight excluding hydrogens is 358 g/mol. The monoisotopic (exact) mass is 391 g/mol. The van der Waals surface area contributed by atoms with Gasteiger partial charge in [0.15, 0.2) is 0 Å². The zero-order valence-electron chi connectivity index (χ0n) is 17.4. The van der Waals surface area contributed by atoms with Crippen LogP contribution in [0.15, 0.2) is 24.3 Å². The Kier molecular flexibility index (Phi) is 8.26. The summed E-state index contributed by atoms with van der Waals surface area (Å²) < 4.78 is 5.69. The van der Waals surface area contributed by atoms with Crippen LogP contribution in [0.25, 0.3) is 0 Å². The minimum atomic E-state index is -0.872. The van der Waals surface area contributed by atoms with Crippen LogP contribution in [0, 0.1) is 0 Å². The van der Waals surface area contributed by atoms with E-state index in [9.17, 15) is 9.59 Å². The van der Waals surface area contributed by atoms with Gasteiger partial charge in [0.2, 0.25) is 0 Å². The van der Waals surface area contributed by atoms with E-state index in [1.54, 1.807) is 16.8 Å². The summed E-state index contributed by atoms with van der Waals surface area (Å²) >= 11 is 0. The predicted molar refractivity (Wildman–Crippen MR) is 109 cm³/mol. The number of carbonyl (C=O) groups is 2. The molecule has 2 rings (SSSR count). The van der Waals surface area contributed by atoms with Crippen LogP contribution in [0.5, 0.6) is 0 Å². The molecule has 1 heterocycles. The summed E-state index contributed by atoms with van der Waals surface area (Å²) in [6.07, 6.45) is 0.599. The molecule has 1 aromatic carbocycles. The third-order valence-corrected chi connectivity index (χ3v) is 4.90. The van der Waals surface area contributed by atoms with Crippen LogP contribution >= 0.6 is 0 Å². The van der Waals surface area contributed by atoms with Crippen molar-refractivity contribution in [2.45, 2.75) is 45.3 Å². The number of ether oxygens (including phenoxy) is 1. The third kappa shape index (κ3) is 7.13. The maximum absolute atomic E-state index is 12.6. The van der Waals surface area contributed by atoms with E-state index >= 15 is 0 Å². The third-order valence-electron chi connectivity index (χ3n) is 4.90. The number of carboxylic acid groups (broad SMARTS) is 1. The summed E-state index contributed by atoms with van der Waals surface area (Å²) in [5.41, 5.74) is 2.51. The minimum Gasteiger partial charge on any atom is -0.480 e. The van der Waals surface area contributed by atoms with E-state index in [-0.39, 0.29) is 24.7 Å². The second kappa shape index (κ2) is 10.4. The molecule has 0 spiro atoms. The van der Waals surface area contributed by atoms with E-state index in [2.05, 4.69) is 43.4 Å². The fourth-order valence-electron chi connectivity index (χ4n) is 3.40. The average molecular weight is 392 g/mol. The van der Waals surface area contributed by atoms with E-state index in [0.29, 0.717) is 32.2 Å². The number of nitrogens with one attached hydrogen (secondary N) is 1. The van der Waals surface area contributed by atoms with Crippen LogP contribution in [0.3, 0.4) is 0 Å². The summed E-state index contributed by atoms with van der Waals surface area (Å²) in [7, 11) is 1.74. The molecule has 2 atom stereocenters. The van der Waals surface area contributed by atoms with E-state index < -0.39 is 5.97 Å². The number of hydrogen-bond donors (Lipinski definition) is 2. The Morgan fingerprint density at radius 1 is 1.29 bits per heavy atom. The predicted octanol–water partition coefficient (Wildman–Crippen LogP) is 2.17. The van der Waals surface area contributed by atoms with E-state index in [1.807, 2.05) is 6.92 Å². The first-order valence-corrected chi connectivity index (χ1v) is 9.90. The van der Waals surface area contributed by atoms with E-state index in [1.165, 1.54) is 11.1 Å². The van der Waals surface area contributed by atoms with E-state index in [4.69, 9.17) is 9.84 Å². The lowest BCUT2D eigenvalue weighted by Gasteiger charge is -2.35. The van der Waals surface area contributed by atoms with Gasteiger partial charge < -0.3 is 20.1 Å². The first kappa shape index (κ1) is 22.2. The molecule has 2 unspecified atom stereocenters. The van der Waals surface area contributed by atoms with Gasteiger partial charge in [-0.15, -0.1) is 0 Å². The van der Waals surface area contributed by atoms with Gasteiger partial charge in [-0.1, -0.05) is 38.1 Å². The molecule has 0 radical (unpaired) electrons. The molecule has 1 aromatic rings. The molecule has 1 fully saturated rings. The maximum atomic E-state index is 12.6. The first-order valence-electron chi connectivity index (χ1n) is 9.90. The van der Waals surface area contributed by atoms with Gasteiger partial charge in [0, 0.05) is 25.7 Å². The van der Waals surface area contributed by atoms with Crippen molar-refractivity contribution in [2.75, 3.05) is 39.8 Å². The van der Waals surface area contributed by atoms with Gasteiger partial charge in [-0.2, -0.15) is 0 Å². The van der Waals surface area contributed by atoms with Gasteiger partial charge >= 0.3 is 12.0 Å². The van der Waals surface area contributed by atoms with Crippen LogP contribution < -0.4 is 5.32 Å². The summed E-state index contributed by atoms with van der Waals surface area (Å²) in [5, 5.41) is 11.9. The first-order chi connectivity index (χ1) is 13.2. The molecule has 156 valence electrons. The molecule has 0 bridgehead atoms. The molecule has 2 amide bonds.